The molecule has 0 spiro atoms. The lowest BCUT2D eigenvalue weighted by atomic mass is 10.0. The van der Waals surface area contributed by atoms with Crippen LogP contribution < -0.4 is 5.32 Å². The van der Waals surface area contributed by atoms with Gasteiger partial charge in [0.15, 0.2) is 0 Å². The number of piperidine rings is 1. The molecule has 2 aromatic carbocycles. The number of benzene rings is 2. The summed E-state index contributed by atoms with van der Waals surface area (Å²) in [6.45, 7) is 7.10. The molecule has 1 aliphatic rings. The van der Waals surface area contributed by atoms with Crippen LogP contribution in [-0.2, 0) is 6.54 Å². The smallest absolute Gasteiger partial charge is 0.257 e. The van der Waals surface area contributed by atoms with Gasteiger partial charge in [-0.2, -0.15) is 0 Å². The number of carbonyl (C=O) groups is 1. The Labute approximate surface area is 205 Å². The first-order valence-electron chi connectivity index (χ1n) is 11.4. The molecule has 1 saturated heterocycles. The number of hydrogen-bond acceptors (Lipinski definition) is 4. The molecule has 8 heteroatoms. The van der Waals surface area contributed by atoms with Crippen molar-refractivity contribution in [2.75, 3.05) is 32.5 Å². The third kappa shape index (κ3) is 4.98. The Bertz CT molecular complexity index is 1130. The number of likely N-dealkylation sites (tertiary alicyclic amines) is 1. The zero-order valence-corrected chi connectivity index (χ0v) is 21.1. The van der Waals surface area contributed by atoms with E-state index in [-0.39, 0.29) is 23.0 Å². The Morgan fingerprint density at radius 3 is 2.45 bits per heavy atom. The lowest BCUT2D eigenvalue weighted by Gasteiger charge is -2.33. The van der Waals surface area contributed by atoms with Crippen LogP contribution in [0.3, 0.4) is 0 Å². The van der Waals surface area contributed by atoms with E-state index in [9.17, 15) is 4.79 Å². The summed E-state index contributed by atoms with van der Waals surface area (Å²) in [6, 6.07) is 12.9. The first-order chi connectivity index (χ1) is 15.8. The molecule has 6 nitrogen and oxygen atoms in total. The van der Waals surface area contributed by atoms with Crippen molar-refractivity contribution in [2.45, 2.75) is 45.3 Å². The molecule has 0 bridgehead atoms. The summed E-state index contributed by atoms with van der Waals surface area (Å²) >= 11 is 13.0. The zero-order valence-electron chi connectivity index (χ0n) is 19.6. The molecule has 0 radical (unpaired) electrons. The molecule has 1 aromatic heterocycles. The van der Waals surface area contributed by atoms with E-state index in [2.05, 4.69) is 59.0 Å². The molecule has 0 saturated carbocycles. The number of anilines is 1. The van der Waals surface area contributed by atoms with E-state index >= 15 is 0 Å². The van der Waals surface area contributed by atoms with E-state index in [1.54, 1.807) is 14.1 Å². The molecule has 4 rings (SSSR count). The highest BCUT2D eigenvalue weighted by Crippen LogP contribution is 2.38. The highest BCUT2D eigenvalue weighted by Gasteiger charge is 2.29. The summed E-state index contributed by atoms with van der Waals surface area (Å²) in [4.78, 5) is 21.8. The van der Waals surface area contributed by atoms with Gasteiger partial charge in [-0.15, -0.1) is 0 Å². The van der Waals surface area contributed by atoms with E-state index in [0.29, 0.717) is 16.1 Å². The second-order valence-electron chi connectivity index (χ2n) is 9.21. The summed E-state index contributed by atoms with van der Waals surface area (Å²) in [7, 11) is 3.41. The van der Waals surface area contributed by atoms with Gasteiger partial charge in [-0.25, -0.2) is 4.98 Å². The van der Waals surface area contributed by atoms with Gasteiger partial charge < -0.3 is 14.8 Å². The number of aromatic nitrogens is 2. The summed E-state index contributed by atoms with van der Waals surface area (Å²) < 4.78 is 2.23. The zero-order chi connectivity index (χ0) is 23.7. The van der Waals surface area contributed by atoms with Crippen molar-refractivity contribution >= 4 is 46.1 Å². The Kier molecular flexibility index (Phi) is 7.17. The predicted molar refractivity (Wildman–Crippen MR) is 137 cm³/mol. The number of carbonyl (C=O) groups excluding carboxylic acids is 1. The van der Waals surface area contributed by atoms with Gasteiger partial charge in [-0.05, 0) is 38.3 Å². The van der Waals surface area contributed by atoms with E-state index in [1.165, 1.54) is 10.5 Å². The van der Waals surface area contributed by atoms with Crippen molar-refractivity contribution in [3.8, 4) is 0 Å². The summed E-state index contributed by atoms with van der Waals surface area (Å²) in [5.41, 5.74) is 3.13. The van der Waals surface area contributed by atoms with Crippen molar-refractivity contribution in [1.29, 1.82) is 0 Å². The molecule has 1 fully saturated rings. The molecule has 176 valence electrons. The normalized spacial score (nSPS) is 15.4. The van der Waals surface area contributed by atoms with Crippen molar-refractivity contribution in [1.82, 2.24) is 19.4 Å². The molecule has 1 aliphatic heterocycles. The van der Waals surface area contributed by atoms with Gasteiger partial charge in [0, 0.05) is 45.8 Å². The lowest BCUT2D eigenvalue weighted by Crippen LogP contribution is -2.34. The molecule has 3 aromatic rings. The summed E-state index contributed by atoms with van der Waals surface area (Å²) in [6.07, 6.45) is 1.98. The number of fused-ring (bicyclic) bond motifs is 1. The standard InChI is InChI=1S/C25H31Cl2N5O/c1-16(2)28-25-29-23-20(14-19(26)22(27)21(23)24(33)30(3)4)32(25)18-10-12-31(13-11-18)15-17-8-6-5-7-9-17/h5-9,14,16,18H,10-13,15H2,1-4H3,(H,28,29). The van der Waals surface area contributed by atoms with Gasteiger partial charge in [0.1, 0.15) is 5.52 Å². The third-order valence-electron chi connectivity index (χ3n) is 6.09. The number of imidazole rings is 1. The minimum atomic E-state index is -0.203. The number of nitrogens with zero attached hydrogens (tertiary/aromatic N) is 4. The highest BCUT2D eigenvalue weighted by molar-refractivity contribution is 6.45. The van der Waals surface area contributed by atoms with Gasteiger partial charge in [0.25, 0.3) is 5.91 Å². The van der Waals surface area contributed by atoms with Gasteiger partial charge >= 0.3 is 0 Å². The molecular weight excluding hydrogens is 457 g/mol. The van der Waals surface area contributed by atoms with Crippen LogP contribution in [0.1, 0.15) is 48.7 Å². The van der Waals surface area contributed by atoms with Crippen LogP contribution in [0.4, 0.5) is 5.95 Å². The monoisotopic (exact) mass is 487 g/mol. The van der Waals surface area contributed by atoms with Gasteiger partial charge in [-0.3, -0.25) is 9.69 Å². The SMILES string of the molecule is CC(C)Nc1nc2c(C(=O)N(C)C)c(Cl)c(Cl)cc2n1C1CCN(Cc2ccccc2)CC1. The van der Waals surface area contributed by atoms with Crippen molar-refractivity contribution in [3.63, 3.8) is 0 Å². The maximum absolute atomic E-state index is 13.0. The van der Waals surface area contributed by atoms with Gasteiger partial charge in [0.2, 0.25) is 5.95 Å². The van der Waals surface area contributed by atoms with E-state index in [0.717, 1.165) is 43.9 Å². The largest absolute Gasteiger partial charge is 0.353 e. The topological polar surface area (TPSA) is 53.4 Å². The molecule has 1 amide bonds. The Hall–Kier alpha value is -2.28. The van der Waals surface area contributed by atoms with Crippen molar-refractivity contribution < 1.29 is 4.79 Å². The fraction of sp³-hybridized carbons (Fsp3) is 0.440. The maximum Gasteiger partial charge on any atom is 0.257 e. The first kappa shape index (κ1) is 23.9. The van der Waals surface area contributed by atoms with Crippen LogP contribution in [0.15, 0.2) is 36.4 Å². The average Bonchev–Trinajstić information content (AvgIpc) is 3.11. The molecular formula is C25H31Cl2N5O. The highest BCUT2D eigenvalue weighted by atomic mass is 35.5. The first-order valence-corrected chi connectivity index (χ1v) is 12.2. The minimum absolute atomic E-state index is 0.192. The van der Waals surface area contributed by atoms with Crippen LogP contribution >= 0.6 is 23.2 Å². The predicted octanol–water partition coefficient (Wildman–Crippen LogP) is 5.70. The quantitative estimate of drug-likeness (QED) is 0.484. The Morgan fingerprint density at radius 2 is 1.85 bits per heavy atom. The summed E-state index contributed by atoms with van der Waals surface area (Å²) in [5, 5.41) is 4.09. The van der Waals surface area contributed by atoms with E-state index < -0.39 is 0 Å². The molecule has 0 atom stereocenters. The van der Waals surface area contributed by atoms with Gasteiger partial charge in [0.05, 0.1) is 21.1 Å². The van der Waals surface area contributed by atoms with Crippen LogP contribution in [0, 0.1) is 0 Å². The van der Waals surface area contributed by atoms with Crippen LogP contribution in [0.5, 0.6) is 0 Å². The summed E-state index contributed by atoms with van der Waals surface area (Å²) in [5.74, 6) is 0.554. The molecule has 2 heterocycles. The second-order valence-corrected chi connectivity index (χ2v) is 10.00. The number of halogens is 2. The molecule has 33 heavy (non-hydrogen) atoms. The average molecular weight is 488 g/mol. The number of amides is 1. The van der Waals surface area contributed by atoms with Crippen LogP contribution in [0.25, 0.3) is 11.0 Å². The Morgan fingerprint density at radius 1 is 1.18 bits per heavy atom. The molecule has 1 N–H and O–H groups in total. The van der Waals surface area contributed by atoms with Crippen molar-refractivity contribution in [2.24, 2.45) is 0 Å². The third-order valence-corrected chi connectivity index (χ3v) is 6.87. The van der Waals surface area contributed by atoms with E-state index in [4.69, 9.17) is 28.2 Å². The van der Waals surface area contributed by atoms with Crippen LogP contribution in [-0.4, -0.2) is 58.5 Å². The molecule has 0 unspecified atom stereocenters. The van der Waals surface area contributed by atoms with Crippen LogP contribution in [0.2, 0.25) is 10.0 Å². The molecule has 0 aliphatic carbocycles. The number of hydrogen-bond donors (Lipinski definition) is 1. The van der Waals surface area contributed by atoms with Gasteiger partial charge in [-0.1, -0.05) is 53.5 Å². The second kappa shape index (κ2) is 9.92. The fourth-order valence-corrected chi connectivity index (χ4v) is 4.92. The minimum Gasteiger partial charge on any atom is -0.353 e. The van der Waals surface area contributed by atoms with E-state index in [1.807, 2.05) is 6.07 Å². The fourth-order valence-electron chi connectivity index (χ4n) is 4.50. The number of nitrogens with one attached hydrogen (secondary N) is 1. The maximum atomic E-state index is 13.0. The lowest BCUT2D eigenvalue weighted by molar-refractivity contribution is 0.0829. The Balaban J connectivity index is 1.70. The number of rotatable bonds is 6. The van der Waals surface area contributed by atoms with Crippen molar-refractivity contribution in [3.05, 3.63) is 57.6 Å².